The summed E-state index contributed by atoms with van der Waals surface area (Å²) in [4.78, 5) is 2.52. The summed E-state index contributed by atoms with van der Waals surface area (Å²) in [6.07, 6.45) is 1.91. The third-order valence-electron chi connectivity index (χ3n) is 3.48. The average molecular weight is 228 g/mol. The summed E-state index contributed by atoms with van der Waals surface area (Å²) in [5, 5.41) is 3.37. The molecule has 0 spiro atoms. The first-order valence-electron chi connectivity index (χ1n) is 6.43. The van der Waals surface area contributed by atoms with Crippen LogP contribution in [-0.2, 0) is 9.47 Å². The van der Waals surface area contributed by atoms with E-state index in [0.717, 1.165) is 45.8 Å². The fraction of sp³-hybridized carbons (Fsp3) is 1.00. The largest absolute Gasteiger partial charge is 0.376 e. The van der Waals surface area contributed by atoms with Crippen molar-refractivity contribution >= 4 is 0 Å². The summed E-state index contributed by atoms with van der Waals surface area (Å²) in [7, 11) is 0. The maximum atomic E-state index is 5.71. The molecule has 4 heteroatoms. The summed E-state index contributed by atoms with van der Waals surface area (Å²) >= 11 is 0. The number of rotatable bonds is 3. The third kappa shape index (κ3) is 3.42. The Balaban J connectivity index is 1.71. The number of nitrogens with zero attached hydrogens (tertiary/aromatic N) is 1. The molecule has 0 aromatic heterocycles. The van der Waals surface area contributed by atoms with Gasteiger partial charge in [0, 0.05) is 32.2 Å². The summed E-state index contributed by atoms with van der Waals surface area (Å²) in [6, 6.07) is 0.549. The lowest BCUT2D eigenvalue weighted by molar-refractivity contribution is -0.0572. The van der Waals surface area contributed by atoms with Gasteiger partial charge in [-0.3, -0.25) is 4.90 Å². The van der Waals surface area contributed by atoms with E-state index in [1.807, 2.05) is 0 Å². The zero-order valence-corrected chi connectivity index (χ0v) is 10.4. The molecule has 2 aliphatic heterocycles. The highest BCUT2D eigenvalue weighted by Gasteiger charge is 2.24. The molecule has 2 fully saturated rings. The molecule has 0 aromatic carbocycles. The quantitative estimate of drug-likeness (QED) is 0.761. The Kier molecular flexibility index (Phi) is 4.58. The van der Waals surface area contributed by atoms with Crippen LogP contribution < -0.4 is 5.32 Å². The second kappa shape index (κ2) is 5.96. The van der Waals surface area contributed by atoms with Gasteiger partial charge in [-0.15, -0.1) is 0 Å². The van der Waals surface area contributed by atoms with Crippen LogP contribution in [0.15, 0.2) is 0 Å². The van der Waals surface area contributed by atoms with Crippen LogP contribution in [0.2, 0.25) is 0 Å². The van der Waals surface area contributed by atoms with Crippen molar-refractivity contribution in [1.82, 2.24) is 10.2 Å². The smallest absolute Gasteiger partial charge is 0.0712 e. The van der Waals surface area contributed by atoms with E-state index in [2.05, 4.69) is 24.1 Å². The molecule has 0 bridgehead atoms. The maximum absolute atomic E-state index is 5.71. The number of hydrogen-bond acceptors (Lipinski definition) is 4. The predicted molar refractivity (Wildman–Crippen MR) is 63.7 cm³/mol. The summed E-state index contributed by atoms with van der Waals surface area (Å²) in [5.41, 5.74) is 0. The zero-order valence-electron chi connectivity index (χ0n) is 10.4. The molecular weight excluding hydrogens is 204 g/mol. The molecule has 1 N–H and O–H groups in total. The molecule has 0 saturated carbocycles. The Hall–Kier alpha value is -0.160. The lowest BCUT2D eigenvalue weighted by Crippen LogP contribution is -2.49. The molecule has 0 aromatic rings. The molecule has 2 aliphatic rings. The van der Waals surface area contributed by atoms with E-state index in [1.54, 1.807) is 0 Å². The number of nitrogens with one attached hydrogen (secondary N) is 1. The van der Waals surface area contributed by atoms with Crippen molar-refractivity contribution in [3.05, 3.63) is 0 Å². The first kappa shape index (κ1) is 12.3. The molecule has 4 nitrogen and oxygen atoms in total. The highest BCUT2D eigenvalue weighted by Crippen LogP contribution is 2.13. The van der Waals surface area contributed by atoms with E-state index < -0.39 is 0 Å². The van der Waals surface area contributed by atoms with Crippen molar-refractivity contribution in [1.29, 1.82) is 0 Å². The molecule has 2 heterocycles. The van der Waals surface area contributed by atoms with Crippen molar-refractivity contribution < 1.29 is 9.47 Å². The van der Waals surface area contributed by atoms with Crippen LogP contribution in [-0.4, -0.2) is 62.5 Å². The molecule has 0 amide bonds. The third-order valence-corrected chi connectivity index (χ3v) is 3.48. The molecule has 16 heavy (non-hydrogen) atoms. The Morgan fingerprint density at radius 3 is 2.94 bits per heavy atom. The minimum absolute atomic E-state index is 0.376. The highest BCUT2D eigenvalue weighted by atomic mass is 16.5. The lowest BCUT2D eigenvalue weighted by Gasteiger charge is -2.37. The molecular formula is C12H24N2O2. The second-order valence-corrected chi connectivity index (χ2v) is 4.97. The van der Waals surface area contributed by atoms with Gasteiger partial charge in [-0.1, -0.05) is 0 Å². The van der Waals surface area contributed by atoms with Gasteiger partial charge in [0.15, 0.2) is 0 Å². The van der Waals surface area contributed by atoms with Crippen LogP contribution in [0.1, 0.15) is 20.3 Å². The van der Waals surface area contributed by atoms with Crippen LogP contribution in [0.5, 0.6) is 0 Å². The van der Waals surface area contributed by atoms with E-state index in [-0.39, 0.29) is 0 Å². The van der Waals surface area contributed by atoms with Crippen LogP contribution >= 0.6 is 0 Å². The van der Waals surface area contributed by atoms with Crippen LogP contribution in [0.25, 0.3) is 0 Å². The molecule has 0 aliphatic carbocycles. The van der Waals surface area contributed by atoms with E-state index in [9.17, 15) is 0 Å². The van der Waals surface area contributed by atoms with Crippen molar-refractivity contribution in [3.8, 4) is 0 Å². The molecule has 3 unspecified atom stereocenters. The summed E-state index contributed by atoms with van der Waals surface area (Å²) < 4.78 is 11.3. The first-order chi connectivity index (χ1) is 7.75. The molecule has 2 saturated heterocycles. The monoisotopic (exact) mass is 228 g/mol. The Bertz CT molecular complexity index is 207. The van der Waals surface area contributed by atoms with Gasteiger partial charge < -0.3 is 14.8 Å². The predicted octanol–water partition coefficient (Wildman–Crippen LogP) is 0.474. The van der Waals surface area contributed by atoms with Crippen molar-refractivity contribution in [2.24, 2.45) is 0 Å². The summed E-state index contributed by atoms with van der Waals surface area (Å²) in [6.45, 7) is 10.3. The van der Waals surface area contributed by atoms with E-state index in [0.29, 0.717) is 18.2 Å². The molecule has 0 radical (unpaired) electrons. The number of hydrogen-bond donors (Lipinski definition) is 1. The standard InChI is InChI=1S/C12H24N2O2/c1-10-9-16-11(2)8-14(10)5-3-12-7-13-4-6-15-12/h10-13H,3-9H2,1-2H3. The fourth-order valence-electron chi connectivity index (χ4n) is 2.40. The van der Waals surface area contributed by atoms with Crippen LogP contribution in [0.3, 0.4) is 0 Å². The topological polar surface area (TPSA) is 33.7 Å². The first-order valence-corrected chi connectivity index (χ1v) is 6.43. The van der Waals surface area contributed by atoms with Gasteiger partial charge in [-0.2, -0.15) is 0 Å². The molecule has 94 valence electrons. The van der Waals surface area contributed by atoms with Crippen molar-refractivity contribution in [2.75, 3.05) is 39.4 Å². The van der Waals surface area contributed by atoms with E-state index in [1.165, 1.54) is 0 Å². The highest BCUT2D eigenvalue weighted by molar-refractivity contribution is 4.77. The van der Waals surface area contributed by atoms with Gasteiger partial charge in [0.2, 0.25) is 0 Å². The van der Waals surface area contributed by atoms with Crippen LogP contribution in [0, 0.1) is 0 Å². The maximum Gasteiger partial charge on any atom is 0.0712 e. The Morgan fingerprint density at radius 1 is 1.31 bits per heavy atom. The van der Waals surface area contributed by atoms with Crippen molar-refractivity contribution in [3.63, 3.8) is 0 Å². The number of morpholine rings is 2. The minimum atomic E-state index is 0.376. The van der Waals surface area contributed by atoms with Gasteiger partial charge in [0.1, 0.15) is 0 Å². The molecule has 3 atom stereocenters. The van der Waals surface area contributed by atoms with Gasteiger partial charge in [0.05, 0.1) is 25.4 Å². The fourth-order valence-corrected chi connectivity index (χ4v) is 2.40. The summed E-state index contributed by atoms with van der Waals surface area (Å²) in [5.74, 6) is 0. The van der Waals surface area contributed by atoms with E-state index >= 15 is 0 Å². The Labute approximate surface area is 98.3 Å². The minimum Gasteiger partial charge on any atom is -0.376 e. The van der Waals surface area contributed by atoms with E-state index in [4.69, 9.17) is 9.47 Å². The SMILES string of the molecule is CC1CN(CCC2CNCCO2)C(C)CO1. The van der Waals surface area contributed by atoms with Gasteiger partial charge >= 0.3 is 0 Å². The second-order valence-electron chi connectivity index (χ2n) is 4.97. The lowest BCUT2D eigenvalue weighted by atomic mass is 10.1. The Morgan fingerprint density at radius 2 is 2.19 bits per heavy atom. The van der Waals surface area contributed by atoms with Gasteiger partial charge in [0.25, 0.3) is 0 Å². The van der Waals surface area contributed by atoms with Crippen LogP contribution in [0.4, 0.5) is 0 Å². The molecule has 2 rings (SSSR count). The zero-order chi connectivity index (χ0) is 11.4. The average Bonchev–Trinajstić information content (AvgIpc) is 2.32. The normalized spacial score (nSPS) is 37.5. The van der Waals surface area contributed by atoms with Gasteiger partial charge in [-0.25, -0.2) is 0 Å². The number of ether oxygens (including phenoxy) is 2. The van der Waals surface area contributed by atoms with Gasteiger partial charge in [-0.05, 0) is 20.3 Å². The van der Waals surface area contributed by atoms with Crippen molar-refractivity contribution in [2.45, 2.75) is 38.5 Å².